The van der Waals surface area contributed by atoms with Crippen molar-refractivity contribution in [3.05, 3.63) is 53.6 Å². The molecule has 0 spiro atoms. The van der Waals surface area contributed by atoms with Crippen LogP contribution in [0.15, 0.2) is 47.4 Å². The Labute approximate surface area is 141 Å². The minimum absolute atomic E-state index is 0.0177. The van der Waals surface area contributed by atoms with Gasteiger partial charge in [0.25, 0.3) is 0 Å². The number of likely N-dealkylation sites (N-methyl/N-ethyl adjacent to an activating group) is 1. The molecule has 2 aromatic rings. The summed E-state index contributed by atoms with van der Waals surface area (Å²) >= 11 is 0. The minimum atomic E-state index is -3.76. The van der Waals surface area contributed by atoms with Gasteiger partial charge < -0.3 is 10.4 Å². The molecular formula is C17H20N2O4S. The highest BCUT2D eigenvalue weighted by molar-refractivity contribution is 7.89. The lowest BCUT2D eigenvalue weighted by molar-refractivity contribution is -0.116. The van der Waals surface area contributed by atoms with Crippen LogP contribution in [0.3, 0.4) is 0 Å². The third-order valence-corrected chi connectivity index (χ3v) is 5.47. The summed E-state index contributed by atoms with van der Waals surface area (Å²) in [6.07, 6.45) is 0. The van der Waals surface area contributed by atoms with E-state index < -0.39 is 15.9 Å². The third kappa shape index (κ3) is 4.12. The summed E-state index contributed by atoms with van der Waals surface area (Å²) < 4.78 is 26.3. The molecule has 0 bridgehead atoms. The molecule has 7 heteroatoms. The van der Waals surface area contributed by atoms with Crippen molar-refractivity contribution >= 4 is 21.6 Å². The van der Waals surface area contributed by atoms with Crippen molar-refractivity contribution in [2.75, 3.05) is 18.9 Å². The number of nitrogens with one attached hydrogen (secondary N) is 1. The molecule has 0 heterocycles. The van der Waals surface area contributed by atoms with Gasteiger partial charge in [-0.25, -0.2) is 8.42 Å². The number of amides is 1. The van der Waals surface area contributed by atoms with E-state index in [1.165, 1.54) is 19.2 Å². The van der Waals surface area contributed by atoms with Crippen LogP contribution in [0.25, 0.3) is 0 Å². The van der Waals surface area contributed by atoms with Crippen LogP contribution >= 0.6 is 0 Å². The Hall–Kier alpha value is -2.38. The Bertz CT molecular complexity index is 863. The van der Waals surface area contributed by atoms with Crippen molar-refractivity contribution in [3.8, 4) is 5.75 Å². The van der Waals surface area contributed by atoms with E-state index in [0.717, 1.165) is 9.87 Å². The van der Waals surface area contributed by atoms with E-state index in [1.807, 2.05) is 13.0 Å². The maximum absolute atomic E-state index is 12.7. The highest BCUT2D eigenvalue weighted by Gasteiger charge is 2.24. The van der Waals surface area contributed by atoms with Crippen molar-refractivity contribution in [2.24, 2.45) is 0 Å². The lowest BCUT2D eigenvalue weighted by Crippen LogP contribution is -2.35. The van der Waals surface area contributed by atoms with E-state index in [0.29, 0.717) is 11.3 Å². The summed E-state index contributed by atoms with van der Waals surface area (Å²) in [5.41, 5.74) is 1.86. The number of benzene rings is 2. The van der Waals surface area contributed by atoms with Gasteiger partial charge in [-0.2, -0.15) is 4.31 Å². The van der Waals surface area contributed by atoms with E-state index in [4.69, 9.17) is 0 Å². The van der Waals surface area contributed by atoms with E-state index in [9.17, 15) is 18.3 Å². The number of hydrogen-bond donors (Lipinski definition) is 2. The van der Waals surface area contributed by atoms with Gasteiger partial charge in [0.15, 0.2) is 0 Å². The van der Waals surface area contributed by atoms with Crippen LogP contribution in [0, 0.1) is 13.8 Å². The summed E-state index contributed by atoms with van der Waals surface area (Å²) in [5.74, 6) is -0.471. The van der Waals surface area contributed by atoms with Crippen molar-refractivity contribution in [2.45, 2.75) is 18.7 Å². The Morgan fingerprint density at radius 2 is 1.88 bits per heavy atom. The fourth-order valence-electron chi connectivity index (χ4n) is 2.22. The maximum atomic E-state index is 12.7. The van der Waals surface area contributed by atoms with Gasteiger partial charge in [-0.05, 0) is 43.2 Å². The molecule has 0 aliphatic heterocycles. The molecule has 0 saturated heterocycles. The highest BCUT2D eigenvalue weighted by atomic mass is 32.2. The van der Waals surface area contributed by atoms with Crippen LogP contribution in [0.4, 0.5) is 5.69 Å². The molecule has 6 nitrogen and oxygen atoms in total. The van der Waals surface area contributed by atoms with Gasteiger partial charge in [0, 0.05) is 18.8 Å². The number of rotatable bonds is 5. The molecule has 0 fully saturated rings. The Kier molecular flexibility index (Phi) is 5.26. The van der Waals surface area contributed by atoms with E-state index >= 15 is 0 Å². The maximum Gasteiger partial charge on any atom is 0.243 e. The first-order chi connectivity index (χ1) is 11.2. The van der Waals surface area contributed by atoms with E-state index in [1.54, 1.807) is 31.2 Å². The van der Waals surface area contributed by atoms with Gasteiger partial charge in [-0.3, -0.25) is 4.79 Å². The first-order valence-electron chi connectivity index (χ1n) is 7.32. The van der Waals surface area contributed by atoms with Crippen LogP contribution < -0.4 is 5.32 Å². The summed E-state index contributed by atoms with van der Waals surface area (Å²) in [6, 6.07) is 11.2. The number of carbonyl (C=O) groups excluding carboxylic acids is 1. The van der Waals surface area contributed by atoms with Crippen molar-refractivity contribution in [3.63, 3.8) is 0 Å². The number of sulfonamides is 1. The summed E-state index contributed by atoms with van der Waals surface area (Å²) in [4.78, 5) is 12.3. The predicted molar refractivity (Wildman–Crippen MR) is 92.5 cm³/mol. The number of carbonyl (C=O) groups is 1. The van der Waals surface area contributed by atoms with Gasteiger partial charge in [0.2, 0.25) is 15.9 Å². The molecule has 0 aromatic heterocycles. The molecule has 0 saturated carbocycles. The van der Waals surface area contributed by atoms with E-state index in [-0.39, 0.29) is 17.2 Å². The van der Waals surface area contributed by atoms with Crippen molar-refractivity contribution in [1.29, 1.82) is 0 Å². The Morgan fingerprint density at radius 3 is 2.54 bits per heavy atom. The lowest BCUT2D eigenvalue weighted by atomic mass is 10.2. The standard InChI is InChI=1S/C17H20N2O4S/c1-12-7-8-13(2)16(9-12)24(22,23)19(3)11-17(21)18-14-5-4-6-15(20)10-14/h4-10,20H,11H2,1-3H3,(H,18,21). The largest absolute Gasteiger partial charge is 0.508 e. The molecule has 0 unspecified atom stereocenters. The molecule has 2 aromatic carbocycles. The lowest BCUT2D eigenvalue weighted by Gasteiger charge is -2.18. The summed E-state index contributed by atoms with van der Waals surface area (Å²) in [7, 11) is -2.40. The summed E-state index contributed by atoms with van der Waals surface area (Å²) in [5, 5.41) is 11.9. The molecule has 128 valence electrons. The smallest absolute Gasteiger partial charge is 0.243 e. The van der Waals surface area contributed by atoms with Crippen molar-refractivity contribution in [1.82, 2.24) is 4.31 Å². The SMILES string of the molecule is Cc1ccc(C)c(S(=O)(=O)N(C)CC(=O)Nc2cccc(O)c2)c1. The van der Waals surface area contributed by atoms with Crippen LogP contribution in [-0.4, -0.2) is 37.3 Å². The van der Waals surface area contributed by atoms with Crippen LogP contribution in [-0.2, 0) is 14.8 Å². The third-order valence-electron chi connectivity index (χ3n) is 3.53. The number of aromatic hydroxyl groups is 1. The van der Waals surface area contributed by atoms with E-state index in [2.05, 4.69) is 5.32 Å². The molecule has 0 atom stereocenters. The average Bonchev–Trinajstić information content (AvgIpc) is 2.49. The number of hydrogen-bond acceptors (Lipinski definition) is 4. The average molecular weight is 348 g/mol. The van der Waals surface area contributed by atoms with Gasteiger partial charge in [-0.1, -0.05) is 18.2 Å². The molecule has 2 rings (SSSR count). The monoisotopic (exact) mass is 348 g/mol. The number of aryl methyl sites for hydroxylation is 2. The highest BCUT2D eigenvalue weighted by Crippen LogP contribution is 2.20. The van der Waals surface area contributed by atoms with Gasteiger partial charge in [0.05, 0.1) is 11.4 Å². The van der Waals surface area contributed by atoms with Crippen LogP contribution in [0.1, 0.15) is 11.1 Å². The molecule has 1 amide bonds. The zero-order valence-corrected chi connectivity index (χ0v) is 14.6. The second-order valence-corrected chi connectivity index (χ2v) is 7.64. The second-order valence-electron chi connectivity index (χ2n) is 5.63. The molecular weight excluding hydrogens is 328 g/mol. The quantitative estimate of drug-likeness (QED) is 0.868. The number of phenols is 1. The van der Waals surface area contributed by atoms with Crippen LogP contribution in [0.2, 0.25) is 0 Å². The first-order valence-corrected chi connectivity index (χ1v) is 8.76. The molecule has 0 aliphatic carbocycles. The van der Waals surface area contributed by atoms with Gasteiger partial charge in [0.1, 0.15) is 5.75 Å². The normalized spacial score (nSPS) is 11.5. The number of anilines is 1. The fourth-order valence-corrected chi connectivity index (χ4v) is 3.66. The molecule has 2 N–H and O–H groups in total. The molecule has 0 radical (unpaired) electrons. The summed E-state index contributed by atoms with van der Waals surface area (Å²) in [6.45, 7) is 3.20. The number of nitrogens with zero attached hydrogens (tertiary/aromatic N) is 1. The van der Waals surface area contributed by atoms with Crippen LogP contribution in [0.5, 0.6) is 5.75 Å². The van der Waals surface area contributed by atoms with Gasteiger partial charge in [-0.15, -0.1) is 0 Å². The zero-order chi connectivity index (χ0) is 17.9. The minimum Gasteiger partial charge on any atom is -0.508 e. The molecule has 0 aliphatic rings. The number of phenolic OH excluding ortho intramolecular Hbond substituents is 1. The second kappa shape index (κ2) is 7.02. The predicted octanol–water partition coefficient (Wildman–Crippen LogP) is 2.27. The van der Waals surface area contributed by atoms with Gasteiger partial charge >= 0.3 is 0 Å². The Balaban J connectivity index is 2.14. The Morgan fingerprint density at radius 1 is 1.17 bits per heavy atom. The molecule has 24 heavy (non-hydrogen) atoms. The zero-order valence-electron chi connectivity index (χ0n) is 13.8. The van der Waals surface area contributed by atoms with Crippen molar-refractivity contribution < 1.29 is 18.3 Å². The first kappa shape index (κ1) is 18.0. The topological polar surface area (TPSA) is 86.7 Å². The fraction of sp³-hybridized carbons (Fsp3) is 0.235.